The highest BCUT2D eigenvalue weighted by Gasteiger charge is 2.34. The van der Waals surface area contributed by atoms with E-state index in [1.807, 2.05) is 24.4 Å². The predicted octanol–water partition coefficient (Wildman–Crippen LogP) is 5.53. The molecule has 0 spiro atoms. The highest BCUT2D eigenvalue weighted by Crippen LogP contribution is 2.45. The highest BCUT2D eigenvalue weighted by atomic mass is 35.5. The quantitative estimate of drug-likeness (QED) is 0.396. The predicted molar refractivity (Wildman–Crippen MR) is 143 cm³/mol. The van der Waals surface area contributed by atoms with Gasteiger partial charge in [0.25, 0.3) is 0 Å². The Morgan fingerprint density at radius 3 is 2.42 bits per heavy atom. The number of rotatable bonds is 8. The van der Waals surface area contributed by atoms with Crippen molar-refractivity contribution in [2.24, 2.45) is 5.41 Å². The van der Waals surface area contributed by atoms with Crippen LogP contribution in [0, 0.1) is 5.41 Å². The largest absolute Gasteiger partial charge is 0.493 e. The molecular weight excluding hydrogens is 521 g/mol. The third-order valence-electron chi connectivity index (χ3n) is 7.33. The Morgan fingerprint density at radius 2 is 1.81 bits per heavy atom. The SMILES string of the molecule is CC(c1cc(Cl)cc(Cl)c1)N1CCC(C)(COc2cc3nnc(NS(C)(=O)=O)n3cc2C2CC2)CC1. The number of benzene rings is 1. The fourth-order valence-corrected chi connectivity index (χ4v) is 5.88. The number of sulfonamides is 1. The summed E-state index contributed by atoms with van der Waals surface area (Å²) in [5, 5.41) is 9.48. The lowest BCUT2D eigenvalue weighted by atomic mass is 9.80. The van der Waals surface area contributed by atoms with Gasteiger partial charge >= 0.3 is 0 Å². The topological polar surface area (TPSA) is 88.8 Å². The third kappa shape index (κ3) is 5.74. The van der Waals surface area contributed by atoms with Crippen molar-refractivity contribution < 1.29 is 13.2 Å². The van der Waals surface area contributed by atoms with E-state index in [4.69, 9.17) is 27.9 Å². The molecular formula is C25H31Cl2N5O3S. The molecule has 0 radical (unpaired) electrons. The molecule has 0 bridgehead atoms. The van der Waals surface area contributed by atoms with Gasteiger partial charge in [0.05, 0.1) is 12.9 Å². The summed E-state index contributed by atoms with van der Waals surface area (Å²) < 4.78 is 33.9. The summed E-state index contributed by atoms with van der Waals surface area (Å²) in [5.74, 6) is 1.42. The Kier molecular flexibility index (Phi) is 6.87. The summed E-state index contributed by atoms with van der Waals surface area (Å²) in [6, 6.07) is 7.85. The Labute approximate surface area is 222 Å². The van der Waals surface area contributed by atoms with Crippen LogP contribution >= 0.6 is 23.2 Å². The first-order valence-corrected chi connectivity index (χ1v) is 14.8. The minimum absolute atomic E-state index is 0.0474. The van der Waals surface area contributed by atoms with Crippen molar-refractivity contribution in [3.05, 3.63) is 51.6 Å². The first-order valence-electron chi connectivity index (χ1n) is 12.2. The Morgan fingerprint density at radius 1 is 1.14 bits per heavy atom. The summed E-state index contributed by atoms with van der Waals surface area (Å²) in [6.07, 6.45) is 7.23. The van der Waals surface area contributed by atoms with E-state index in [0.29, 0.717) is 28.2 Å². The fourth-order valence-electron chi connectivity index (χ4n) is 4.87. The lowest BCUT2D eigenvalue weighted by molar-refractivity contribution is 0.0511. The monoisotopic (exact) mass is 551 g/mol. The standard InChI is InChI=1S/C25H31Cl2N5O3S/c1-16(18-10-19(26)12-20(27)11-18)31-8-6-25(2,7-9-31)15-35-22-13-23-28-29-24(30-36(3,33)34)32(23)14-21(22)17-4-5-17/h10-14,16-17H,4-9,15H2,1-3H3,(H,29,30). The van der Waals surface area contributed by atoms with Crippen molar-refractivity contribution in [2.75, 3.05) is 30.7 Å². The number of piperidine rings is 1. The van der Waals surface area contributed by atoms with Crippen LogP contribution in [-0.4, -0.2) is 53.9 Å². The van der Waals surface area contributed by atoms with Crippen LogP contribution in [-0.2, 0) is 10.0 Å². The van der Waals surface area contributed by atoms with Crippen LogP contribution in [0.25, 0.3) is 5.65 Å². The molecule has 2 fully saturated rings. The number of fused-ring (bicyclic) bond motifs is 1. The molecule has 2 aliphatic rings. The molecule has 3 aromatic rings. The molecule has 1 aliphatic heterocycles. The van der Waals surface area contributed by atoms with Crippen molar-refractivity contribution in [3.8, 4) is 5.75 Å². The Hall–Kier alpha value is -2.07. The fraction of sp³-hybridized carbons (Fsp3) is 0.520. The second-order valence-corrected chi connectivity index (χ2v) is 13.1. The number of hydrogen-bond acceptors (Lipinski definition) is 6. The van der Waals surface area contributed by atoms with Crippen LogP contribution in [0.3, 0.4) is 0 Å². The summed E-state index contributed by atoms with van der Waals surface area (Å²) in [4.78, 5) is 2.47. The van der Waals surface area contributed by atoms with Gasteiger partial charge in [0.2, 0.25) is 16.0 Å². The molecule has 36 heavy (non-hydrogen) atoms. The van der Waals surface area contributed by atoms with E-state index in [1.54, 1.807) is 10.5 Å². The molecule has 3 heterocycles. The van der Waals surface area contributed by atoms with Crippen LogP contribution in [0.5, 0.6) is 5.75 Å². The second-order valence-electron chi connectivity index (χ2n) is 10.5. The zero-order chi connectivity index (χ0) is 25.7. The number of nitrogens with zero attached hydrogens (tertiary/aromatic N) is 4. The van der Waals surface area contributed by atoms with Crippen molar-refractivity contribution in [3.63, 3.8) is 0 Å². The lowest BCUT2D eigenvalue weighted by Crippen LogP contribution is -2.42. The van der Waals surface area contributed by atoms with Gasteiger partial charge in [0.1, 0.15) is 5.75 Å². The van der Waals surface area contributed by atoms with E-state index in [1.165, 1.54) is 0 Å². The third-order valence-corrected chi connectivity index (χ3v) is 8.32. The molecule has 5 rings (SSSR count). The zero-order valence-corrected chi connectivity index (χ0v) is 23.0. The number of likely N-dealkylation sites (tertiary alicyclic amines) is 1. The van der Waals surface area contributed by atoms with Gasteiger partial charge in [-0.1, -0.05) is 30.1 Å². The van der Waals surface area contributed by atoms with Crippen molar-refractivity contribution in [1.82, 2.24) is 19.5 Å². The summed E-state index contributed by atoms with van der Waals surface area (Å²) in [6.45, 7) is 7.01. The lowest BCUT2D eigenvalue weighted by Gasteiger charge is -2.42. The highest BCUT2D eigenvalue weighted by molar-refractivity contribution is 7.92. The summed E-state index contributed by atoms with van der Waals surface area (Å²) >= 11 is 12.4. The van der Waals surface area contributed by atoms with E-state index in [0.717, 1.165) is 61.9 Å². The van der Waals surface area contributed by atoms with Gasteiger partial charge in [-0.05, 0) is 75.4 Å². The van der Waals surface area contributed by atoms with Gasteiger partial charge in [-0.3, -0.25) is 14.0 Å². The van der Waals surface area contributed by atoms with Crippen LogP contribution in [0.1, 0.15) is 62.6 Å². The smallest absolute Gasteiger partial charge is 0.242 e. The van der Waals surface area contributed by atoms with Gasteiger partial charge in [0.15, 0.2) is 5.65 Å². The average molecular weight is 553 g/mol. The van der Waals surface area contributed by atoms with Gasteiger partial charge in [0, 0.05) is 39.3 Å². The molecule has 11 heteroatoms. The van der Waals surface area contributed by atoms with Gasteiger partial charge < -0.3 is 4.74 Å². The van der Waals surface area contributed by atoms with Crippen molar-refractivity contribution in [1.29, 1.82) is 0 Å². The minimum atomic E-state index is -3.45. The van der Waals surface area contributed by atoms with E-state index < -0.39 is 10.0 Å². The second kappa shape index (κ2) is 9.67. The van der Waals surface area contributed by atoms with Crippen LogP contribution in [0.15, 0.2) is 30.5 Å². The van der Waals surface area contributed by atoms with Gasteiger partial charge in [-0.15, -0.1) is 10.2 Å². The van der Waals surface area contributed by atoms with E-state index in [9.17, 15) is 8.42 Å². The van der Waals surface area contributed by atoms with E-state index >= 15 is 0 Å². The molecule has 1 N–H and O–H groups in total. The van der Waals surface area contributed by atoms with Crippen LogP contribution < -0.4 is 9.46 Å². The number of hydrogen-bond donors (Lipinski definition) is 1. The molecule has 1 saturated carbocycles. The number of pyridine rings is 1. The molecule has 1 atom stereocenters. The first-order chi connectivity index (χ1) is 17.0. The average Bonchev–Trinajstić information content (AvgIpc) is 3.58. The van der Waals surface area contributed by atoms with Gasteiger partial charge in [-0.25, -0.2) is 8.42 Å². The Bertz CT molecular complexity index is 1360. The molecule has 194 valence electrons. The molecule has 1 saturated heterocycles. The van der Waals surface area contributed by atoms with E-state index in [-0.39, 0.29) is 17.4 Å². The van der Waals surface area contributed by atoms with Crippen molar-refractivity contribution >= 4 is 44.8 Å². The number of aromatic nitrogens is 3. The number of anilines is 1. The Balaban J connectivity index is 1.27. The van der Waals surface area contributed by atoms with Crippen molar-refractivity contribution in [2.45, 2.75) is 51.5 Å². The molecule has 2 aromatic heterocycles. The molecule has 8 nitrogen and oxygen atoms in total. The first kappa shape index (κ1) is 25.6. The maximum absolute atomic E-state index is 11.7. The zero-order valence-electron chi connectivity index (χ0n) is 20.7. The van der Waals surface area contributed by atoms with Crippen LogP contribution in [0.4, 0.5) is 5.95 Å². The maximum Gasteiger partial charge on any atom is 0.242 e. The summed E-state index contributed by atoms with van der Waals surface area (Å²) in [7, 11) is -3.45. The van der Waals surface area contributed by atoms with E-state index in [2.05, 4.69) is 33.7 Å². The summed E-state index contributed by atoms with van der Waals surface area (Å²) in [5.41, 5.74) is 2.81. The minimum Gasteiger partial charge on any atom is -0.493 e. The van der Waals surface area contributed by atoms with Gasteiger partial charge in [-0.2, -0.15) is 0 Å². The molecule has 1 unspecified atom stereocenters. The molecule has 1 aromatic carbocycles. The van der Waals surface area contributed by atoms with Crippen LogP contribution in [0.2, 0.25) is 10.0 Å². The number of halogens is 2. The normalized spacial score (nSPS) is 19.4. The number of nitrogens with one attached hydrogen (secondary N) is 1. The number of ether oxygens (including phenoxy) is 1. The molecule has 1 aliphatic carbocycles. The maximum atomic E-state index is 11.7. The molecule has 0 amide bonds.